The van der Waals surface area contributed by atoms with Crippen LogP contribution in [0.2, 0.25) is 0 Å². The molecule has 4 nitrogen and oxygen atoms in total. The largest absolute Gasteiger partial charge is 0.356 e. The molecule has 0 bridgehead atoms. The molecule has 1 fully saturated rings. The van der Waals surface area contributed by atoms with Crippen LogP contribution in [0.3, 0.4) is 0 Å². The zero-order chi connectivity index (χ0) is 22.7. The lowest BCUT2D eigenvalue weighted by Crippen LogP contribution is -2.47. The summed E-state index contributed by atoms with van der Waals surface area (Å²) in [5, 5.41) is 5.37. The molecule has 1 saturated carbocycles. The zero-order valence-electron chi connectivity index (χ0n) is 19.3. The first kappa shape index (κ1) is 22.5. The number of rotatable bonds is 5. The van der Waals surface area contributed by atoms with Gasteiger partial charge in [0.1, 0.15) is 0 Å². The first-order chi connectivity index (χ1) is 15.4. The van der Waals surface area contributed by atoms with Crippen LogP contribution in [0.1, 0.15) is 67.3 Å². The van der Waals surface area contributed by atoms with E-state index in [1.807, 2.05) is 24.3 Å². The second-order valence-corrected chi connectivity index (χ2v) is 9.56. The summed E-state index contributed by atoms with van der Waals surface area (Å²) < 4.78 is 0. The molecule has 32 heavy (non-hydrogen) atoms. The Labute approximate surface area is 196 Å². The van der Waals surface area contributed by atoms with Crippen molar-refractivity contribution < 1.29 is 0 Å². The zero-order valence-corrected chi connectivity index (χ0v) is 20.1. The Morgan fingerprint density at radius 1 is 1.12 bits per heavy atom. The fourth-order valence-corrected chi connectivity index (χ4v) is 5.26. The quantitative estimate of drug-likeness (QED) is 0.477. The van der Waals surface area contributed by atoms with Gasteiger partial charge in [0.15, 0.2) is 5.11 Å². The molecular weight excluding hydrogens is 414 g/mol. The maximum Gasteiger partial charge on any atom is 0.253 e. The molecule has 2 aromatic carbocycles. The number of hydrogen-bond donors (Lipinski definition) is 2. The summed E-state index contributed by atoms with van der Waals surface area (Å²) in [6.45, 7) is 6.82. The molecule has 0 radical (unpaired) electrons. The van der Waals surface area contributed by atoms with Gasteiger partial charge in [0.2, 0.25) is 0 Å². The van der Waals surface area contributed by atoms with E-state index in [0.29, 0.717) is 12.6 Å². The Kier molecular flexibility index (Phi) is 6.95. The Balaban J connectivity index is 1.63. The summed E-state index contributed by atoms with van der Waals surface area (Å²) in [6.07, 6.45) is 5.94. The number of pyridine rings is 1. The fraction of sp³-hybridized carbons (Fsp3) is 0.407. The maximum atomic E-state index is 13.0. The smallest absolute Gasteiger partial charge is 0.253 e. The van der Waals surface area contributed by atoms with Crippen molar-refractivity contribution in [1.82, 2.24) is 15.2 Å². The minimum atomic E-state index is -0.0257. The van der Waals surface area contributed by atoms with Gasteiger partial charge in [-0.3, -0.25) is 4.79 Å². The molecule has 0 saturated heterocycles. The second-order valence-electron chi connectivity index (χ2n) is 9.17. The van der Waals surface area contributed by atoms with Gasteiger partial charge in [-0.2, -0.15) is 0 Å². The number of aryl methyl sites for hydroxylation is 2. The SMILES string of the molecule is Cc1cc(C)c2cc(CN(C(=S)N[C@H](C)c3ccccc3)C3CCCCC3)c(=O)[nH]c2c1. The lowest BCUT2D eigenvalue weighted by molar-refractivity contribution is 0.233. The number of thiocarbonyl (C=S) groups is 1. The van der Waals surface area contributed by atoms with Gasteiger partial charge < -0.3 is 15.2 Å². The van der Waals surface area contributed by atoms with E-state index in [0.717, 1.165) is 40.0 Å². The van der Waals surface area contributed by atoms with Crippen LogP contribution in [-0.2, 0) is 6.54 Å². The van der Waals surface area contributed by atoms with Crippen molar-refractivity contribution in [2.24, 2.45) is 0 Å². The van der Waals surface area contributed by atoms with Gasteiger partial charge in [-0.05, 0) is 74.7 Å². The first-order valence-corrected chi connectivity index (χ1v) is 12.1. The number of H-pyrrole nitrogens is 1. The lowest BCUT2D eigenvalue weighted by atomic mass is 9.94. The summed E-state index contributed by atoms with van der Waals surface area (Å²) >= 11 is 5.92. The molecule has 1 heterocycles. The van der Waals surface area contributed by atoms with Gasteiger partial charge in [-0.1, -0.05) is 55.7 Å². The van der Waals surface area contributed by atoms with Gasteiger partial charge >= 0.3 is 0 Å². The first-order valence-electron chi connectivity index (χ1n) is 11.7. The van der Waals surface area contributed by atoms with Crippen LogP contribution in [0.4, 0.5) is 0 Å². The predicted molar refractivity (Wildman–Crippen MR) is 137 cm³/mol. The summed E-state index contributed by atoms with van der Waals surface area (Å²) in [4.78, 5) is 18.4. The van der Waals surface area contributed by atoms with Crippen molar-refractivity contribution in [2.45, 2.75) is 71.5 Å². The predicted octanol–water partition coefficient (Wildman–Crippen LogP) is 5.92. The van der Waals surface area contributed by atoms with Crippen molar-refractivity contribution in [3.63, 3.8) is 0 Å². The Morgan fingerprint density at radius 3 is 2.56 bits per heavy atom. The highest BCUT2D eigenvalue weighted by Crippen LogP contribution is 2.26. The molecule has 5 heteroatoms. The Bertz CT molecular complexity index is 1150. The van der Waals surface area contributed by atoms with Gasteiger partial charge in [0.05, 0.1) is 12.6 Å². The number of aromatic nitrogens is 1. The third-order valence-corrected chi connectivity index (χ3v) is 7.00. The number of aromatic amines is 1. The van der Waals surface area contributed by atoms with E-state index in [-0.39, 0.29) is 11.6 Å². The van der Waals surface area contributed by atoms with Gasteiger partial charge in [0, 0.05) is 22.5 Å². The molecule has 0 amide bonds. The van der Waals surface area contributed by atoms with Crippen molar-refractivity contribution in [2.75, 3.05) is 0 Å². The summed E-state index contributed by atoms with van der Waals surface area (Å²) in [5.41, 5.74) is 5.18. The Morgan fingerprint density at radius 2 is 1.84 bits per heavy atom. The number of nitrogens with one attached hydrogen (secondary N) is 2. The van der Waals surface area contributed by atoms with Crippen LogP contribution < -0.4 is 10.9 Å². The van der Waals surface area contributed by atoms with E-state index in [9.17, 15) is 4.79 Å². The van der Waals surface area contributed by atoms with Crippen LogP contribution in [0.25, 0.3) is 10.9 Å². The number of hydrogen-bond acceptors (Lipinski definition) is 2. The number of benzene rings is 2. The third-order valence-electron chi connectivity index (χ3n) is 6.65. The fourth-order valence-electron chi connectivity index (χ4n) is 4.87. The van der Waals surface area contributed by atoms with E-state index < -0.39 is 0 Å². The lowest BCUT2D eigenvalue weighted by Gasteiger charge is -2.37. The van der Waals surface area contributed by atoms with Crippen LogP contribution in [0.15, 0.2) is 53.3 Å². The van der Waals surface area contributed by atoms with E-state index in [1.54, 1.807) is 0 Å². The molecule has 4 rings (SSSR count). The second kappa shape index (κ2) is 9.86. The monoisotopic (exact) mass is 447 g/mol. The highest BCUT2D eigenvalue weighted by Gasteiger charge is 2.25. The molecule has 1 aliphatic rings. The average Bonchev–Trinajstić information content (AvgIpc) is 2.78. The molecule has 168 valence electrons. The third kappa shape index (κ3) is 5.04. The van der Waals surface area contributed by atoms with Crippen LogP contribution >= 0.6 is 12.2 Å². The summed E-state index contributed by atoms with van der Waals surface area (Å²) in [7, 11) is 0. The summed E-state index contributed by atoms with van der Waals surface area (Å²) in [5.74, 6) is 0. The van der Waals surface area contributed by atoms with Crippen molar-refractivity contribution >= 4 is 28.2 Å². The topological polar surface area (TPSA) is 48.1 Å². The Hall–Kier alpha value is -2.66. The molecule has 1 atom stereocenters. The standard InChI is InChI=1S/C27H33N3OS/c1-18-14-19(2)24-16-22(26(31)29-25(24)15-18)17-30(23-12-8-5-9-13-23)27(32)28-20(3)21-10-6-4-7-11-21/h4,6-7,10-11,14-16,20,23H,5,8-9,12-13,17H2,1-3H3,(H,28,32)(H,29,31)/t20-/m1/s1. The number of fused-ring (bicyclic) bond motifs is 1. The highest BCUT2D eigenvalue weighted by molar-refractivity contribution is 7.80. The molecule has 0 aliphatic heterocycles. The van der Waals surface area contributed by atoms with Crippen LogP contribution in [0, 0.1) is 13.8 Å². The van der Waals surface area contributed by atoms with Gasteiger partial charge in [-0.25, -0.2) is 0 Å². The molecule has 1 aromatic heterocycles. The summed E-state index contributed by atoms with van der Waals surface area (Å²) in [6, 6.07) is 17.1. The van der Waals surface area contributed by atoms with E-state index in [1.165, 1.54) is 30.4 Å². The maximum absolute atomic E-state index is 13.0. The molecule has 3 aromatic rings. The normalized spacial score (nSPS) is 15.5. The van der Waals surface area contributed by atoms with Crippen molar-refractivity contribution in [1.29, 1.82) is 0 Å². The van der Waals surface area contributed by atoms with Gasteiger partial charge in [-0.15, -0.1) is 0 Å². The van der Waals surface area contributed by atoms with E-state index in [2.05, 4.69) is 60.2 Å². The molecule has 0 unspecified atom stereocenters. The average molecular weight is 448 g/mol. The van der Waals surface area contributed by atoms with Crippen molar-refractivity contribution in [3.05, 3.63) is 81.1 Å². The molecule has 0 spiro atoms. The molecular formula is C27H33N3OS. The minimum Gasteiger partial charge on any atom is -0.356 e. The van der Waals surface area contributed by atoms with Gasteiger partial charge in [0.25, 0.3) is 5.56 Å². The van der Waals surface area contributed by atoms with Crippen LogP contribution in [-0.4, -0.2) is 21.0 Å². The van der Waals surface area contributed by atoms with Crippen LogP contribution in [0.5, 0.6) is 0 Å². The highest BCUT2D eigenvalue weighted by atomic mass is 32.1. The molecule has 1 aliphatic carbocycles. The minimum absolute atomic E-state index is 0.0257. The number of nitrogens with zero attached hydrogens (tertiary/aromatic N) is 1. The molecule has 2 N–H and O–H groups in total. The van der Waals surface area contributed by atoms with E-state index in [4.69, 9.17) is 12.2 Å². The van der Waals surface area contributed by atoms with Crippen molar-refractivity contribution in [3.8, 4) is 0 Å². The van der Waals surface area contributed by atoms with E-state index >= 15 is 0 Å².